The Bertz CT molecular complexity index is 1650. The number of pyridine rings is 3. The second-order valence-electron chi connectivity index (χ2n) is 11.4. The Labute approximate surface area is 258 Å². The number of carbonyl (C=O) groups excluding carboxylic acids is 2. The van der Waals surface area contributed by atoms with Crippen molar-refractivity contribution in [3.63, 3.8) is 0 Å². The van der Waals surface area contributed by atoms with Crippen molar-refractivity contribution in [3.8, 4) is 11.3 Å². The summed E-state index contributed by atoms with van der Waals surface area (Å²) in [5.41, 5.74) is 1.62. The van der Waals surface area contributed by atoms with E-state index in [4.69, 9.17) is 9.47 Å². The predicted octanol–water partition coefficient (Wildman–Crippen LogP) is 5.63. The Morgan fingerprint density at radius 2 is 1.84 bits per heavy atom. The van der Waals surface area contributed by atoms with E-state index in [9.17, 15) is 23.5 Å². The topological polar surface area (TPSA) is 141 Å². The molecule has 4 aromatic rings. The number of hydrogen-bond donors (Lipinski definition) is 2. The molecule has 0 aliphatic heterocycles. The van der Waals surface area contributed by atoms with Crippen molar-refractivity contribution < 1.29 is 33.0 Å². The smallest absolute Gasteiger partial charge is 0.344 e. The van der Waals surface area contributed by atoms with Crippen LogP contribution in [0.15, 0.2) is 61.2 Å². The van der Waals surface area contributed by atoms with Crippen LogP contribution in [0, 0.1) is 18.8 Å². The Balaban J connectivity index is 1.16. The predicted molar refractivity (Wildman–Crippen MR) is 159 cm³/mol. The van der Waals surface area contributed by atoms with Gasteiger partial charge >= 0.3 is 11.9 Å². The molecule has 0 aromatic carbocycles. The third kappa shape index (κ3) is 7.66. The monoisotopic (exact) mass is 620 g/mol. The van der Waals surface area contributed by atoms with Crippen molar-refractivity contribution >= 4 is 23.6 Å². The maximum Gasteiger partial charge on any atom is 0.344 e. The Morgan fingerprint density at radius 1 is 1.07 bits per heavy atom. The summed E-state index contributed by atoms with van der Waals surface area (Å²) >= 11 is 0. The molecule has 0 saturated heterocycles. The molecule has 0 unspecified atom stereocenters. The molecule has 1 aliphatic rings. The van der Waals surface area contributed by atoms with E-state index in [-0.39, 0.29) is 28.8 Å². The van der Waals surface area contributed by atoms with Crippen molar-refractivity contribution in [1.82, 2.24) is 24.7 Å². The number of aromatic nitrogens is 5. The van der Waals surface area contributed by atoms with E-state index >= 15 is 0 Å². The number of anilines is 2. The second kappa shape index (κ2) is 13.5. The van der Waals surface area contributed by atoms with Gasteiger partial charge < -0.3 is 19.9 Å². The van der Waals surface area contributed by atoms with E-state index in [1.165, 1.54) is 35.4 Å². The number of alkyl halides is 2. The van der Waals surface area contributed by atoms with Gasteiger partial charge in [0.15, 0.2) is 0 Å². The molecule has 45 heavy (non-hydrogen) atoms. The molecular weight excluding hydrogens is 586 g/mol. The Morgan fingerprint density at radius 3 is 2.51 bits per heavy atom. The molecule has 11 nitrogen and oxygen atoms in total. The first kappa shape index (κ1) is 31.6. The van der Waals surface area contributed by atoms with Crippen LogP contribution in [0.5, 0.6) is 0 Å². The van der Waals surface area contributed by atoms with Crippen molar-refractivity contribution in [2.45, 2.75) is 51.6 Å². The molecule has 1 saturated carbocycles. The highest BCUT2D eigenvalue weighted by atomic mass is 19.3. The lowest BCUT2D eigenvalue weighted by atomic mass is 9.73. The number of nitrogens with one attached hydrogen (secondary N) is 1. The standard InChI is InChI=1S/C32H34F2N6O5/c1-19-12-25(38-28(13-19)39-27-14-21(29(33)34)10-11-35-27)22-6-9-26(36-15-22)32(2,43)24-7-4-20(5-8-24)30(41)44-18-45-31(42)23-16-37-40(3)17-23/h6,9-17,20,24,29,43H,4-5,7-8,18H2,1-3H3,(H,35,38,39)/t20?,24?,32-/m1/s1. The average molecular weight is 621 g/mol. The molecule has 0 radical (unpaired) electrons. The summed E-state index contributed by atoms with van der Waals surface area (Å²) in [6, 6.07) is 9.80. The van der Waals surface area contributed by atoms with Crippen LogP contribution < -0.4 is 5.32 Å². The van der Waals surface area contributed by atoms with Crippen LogP contribution >= 0.6 is 0 Å². The van der Waals surface area contributed by atoms with Crippen LogP contribution in [0.1, 0.15) is 66.2 Å². The molecular formula is C32H34F2N6O5. The zero-order valence-corrected chi connectivity index (χ0v) is 25.1. The largest absolute Gasteiger partial charge is 0.428 e. The Kier molecular flexibility index (Phi) is 9.47. The first-order valence-corrected chi connectivity index (χ1v) is 14.5. The van der Waals surface area contributed by atoms with E-state index < -0.39 is 30.8 Å². The summed E-state index contributed by atoms with van der Waals surface area (Å²) in [6.45, 7) is 3.15. The second-order valence-corrected chi connectivity index (χ2v) is 11.4. The number of esters is 2. The molecule has 0 spiro atoms. The SMILES string of the molecule is Cc1cc(Nc2cc(C(F)F)ccn2)nc(-c2ccc([C@](C)(O)C3CCC(C(=O)OCOC(=O)c4cnn(C)c4)CC3)nc2)c1. The molecule has 5 rings (SSSR count). The van der Waals surface area contributed by atoms with Crippen LogP contribution in [-0.4, -0.2) is 48.6 Å². The van der Waals surface area contributed by atoms with Crippen molar-refractivity contribution in [2.75, 3.05) is 12.1 Å². The summed E-state index contributed by atoms with van der Waals surface area (Å²) in [5, 5.41) is 18.4. The first-order chi connectivity index (χ1) is 21.5. The minimum atomic E-state index is -2.61. The minimum absolute atomic E-state index is 0.132. The number of hydrogen-bond acceptors (Lipinski definition) is 10. The highest BCUT2D eigenvalue weighted by Gasteiger charge is 2.39. The van der Waals surface area contributed by atoms with Crippen LogP contribution in [0.4, 0.5) is 20.4 Å². The van der Waals surface area contributed by atoms with E-state index in [1.54, 1.807) is 32.3 Å². The number of nitrogens with zero attached hydrogens (tertiary/aromatic N) is 5. The van der Waals surface area contributed by atoms with E-state index in [2.05, 4.69) is 25.4 Å². The number of halogens is 2. The fourth-order valence-corrected chi connectivity index (χ4v) is 5.48. The quantitative estimate of drug-likeness (QED) is 0.169. The molecule has 1 atom stereocenters. The van der Waals surface area contributed by atoms with Crippen LogP contribution in [0.3, 0.4) is 0 Å². The van der Waals surface area contributed by atoms with Crippen LogP contribution in [-0.2, 0) is 26.9 Å². The van der Waals surface area contributed by atoms with Crippen molar-refractivity contribution in [2.24, 2.45) is 18.9 Å². The van der Waals surface area contributed by atoms with Gasteiger partial charge in [0, 0.05) is 36.8 Å². The van der Waals surface area contributed by atoms with Crippen molar-refractivity contribution in [1.29, 1.82) is 0 Å². The maximum atomic E-state index is 13.1. The normalized spacial score (nSPS) is 17.8. The van der Waals surface area contributed by atoms with Crippen LogP contribution in [0.2, 0.25) is 0 Å². The average Bonchev–Trinajstić information content (AvgIpc) is 3.47. The van der Waals surface area contributed by atoms with Gasteiger partial charge in [-0.05, 0) is 87.4 Å². The van der Waals surface area contributed by atoms with E-state index in [0.29, 0.717) is 48.5 Å². The van der Waals surface area contributed by atoms with Gasteiger partial charge in [-0.2, -0.15) is 5.10 Å². The number of aliphatic hydroxyl groups is 1. The summed E-state index contributed by atoms with van der Waals surface area (Å²) in [6.07, 6.45) is 5.44. The van der Waals surface area contributed by atoms with Crippen LogP contribution in [0.25, 0.3) is 11.3 Å². The van der Waals surface area contributed by atoms with Gasteiger partial charge in [0.2, 0.25) is 6.79 Å². The molecule has 4 aromatic heterocycles. The van der Waals surface area contributed by atoms with Gasteiger partial charge in [-0.25, -0.2) is 23.5 Å². The lowest BCUT2D eigenvalue weighted by Crippen LogP contribution is -2.37. The molecule has 0 amide bonds. The number of aryl methyl sites for hydroxylation is 2. The van der Waals surface area contributed by atoms with Gasteiger partial charge in [-0.15, -0.1) is 0 Å². The Hall–Kier alpha value is -4.78. The molecule has 13 heteroatoms. The summed E-state index contributed by atoms with van der Waals surface area (Å²) in [7, 11) is 1.68. The molecule has 1 fully saturated rings. The number of carbonyl (C=O) groups is 2. The highest BCUT2D eigenvalue weighted by Crippen LogP contribution is 2.41. The maximum absolute atomic E-state index is 13.1. The summed E-state index contributed by atoms with van der Waals surface area (Å²) < 4.78 is 37.9. The van der Waals surface area contributed by atoms with Gasteiger partial charge in [0.1, 0.15) is 17.2 Å². The van der Waals surface area contributed by atoms with Gasteiger partial charge in [-0.3, -0.25) is 14.5 Å². The molecule has 236 valence electrons. The van der Waals surface area contributed by atoms with E-state index in [0.717, 1.165) is 5.56 Å². The fraction of sp³-hybridized carbons (Fsp3) is 0.375. The third-order valence-corrected chi connectivity index (χ3v) is 8.03. The molecule has 2 N–H and O–H groups in total. The lowest BCUT2D eigenvalue weighted by molar-refractivity contribution is -0.159. The molecule has 0 bridgehead atoms. The van der Waals surface area contributed by atoms with E-state index in [1.807, 2.05) is 19.1 Å². The van der Waals surface area contributed by atoms with Crippen molar-refractivity contribution in [3.05, 3.63) is 83.6 Å². The summed E-state index contributed by atoms with van der Waals surface area (Å²) in [4.78, 5) is 37.8. The van der Waals surface area contributed by atoms with Gasteiger partial charge in [0.25, 0.3) is 6.43 Å². The minimum Gasteiger partial charge on any atom is -0.428 e. The zero-order chi connectivity index (χ0) is 32.1. The zero-order valence-electron chi connectivity index (χ0n) is 25.1. The fourth-order valence-electron chi connectivity index (χ4n) is 5.48. The third-order valence-electron chi connectivity index (χ3n) is 8.03. The number of ether oxygens (including phenoxy) is 2. The number of rotatable bonds is 10. The highest BCUT2D eigenvalue weighted by molar-refractivity contribution is 5.88. The molecule has 1 aliphatic carbocycles. The van der Waals surface area contributed by atoms with Gasteiger partial charge in [-0.1, -0.05) is 0 Å². The van der Waals surface area contributed by atoms with Gasteiger partial charge in [0.05, 0.1) is 29.1 Å². The summed E-state index contributed by atoms with van der Waals surface area (Å²) in [5.74, 6) is -0.845. The lowest BCUT2D eigenvalue weighted by Gasteiger charge is -2.37. The first-order valence-electron chi connectivity index (χ1n) is 14.5. The molecule has 4 heterocycles.